The SMILES string of the molecule is C=CCCCCC[C@H](CC(=O)OCC(C)(C)CC=C)C(=O)N1C[C@H](Oc2cc(-c3ccccc3)nc3cc(OC)c(C=C)cc23)C[C@H]1C(=O)O. The number of hydrogen-bond donors (Lipinski definition) is 1. The average molecular weight is 683 g/mol. The number of carboxylic acids is 1. The second kappa shape index (κ2) is 17.7. The van der Waals surface area contributed by atoms with E-state index in [4.69, 9.17) is 19.2 Å². The molecule has 0 aliphatic carbocycles. The molecule has 3 aromatic rings. The van der Waals surface area contributed by atoms with Crippen LogP contribution in [0.4, 0.5) is 0 Å². The van der Waals surface area contributed by atoms with Crippen LogP contribution in [0.2, 0.25) is 0 Å². The molecule has 0 saturated carbocycles. The monoisotopic (exact) mass is 682 g/mol. The normalized spacial score (nSPS) is 16.4. The molecule has 9 heteroatoms. The predicted molar refractivity (Wildman–Crippen MR) is 197 cm³/mol. The number of benzene rings is 2. The van der Waals surface area contributed by atoms with E-state index in [9.17, 15) is 19.5 Å². The third-order valence-electron chi connectivity index (χ3n) is 9.08. The quantitative estimate of drug-likeness (QED) is 0.0763. The molecular formula is C41H50N2O7. The van der Waals surface area contributed by atoms with Gasteiger partial charge in [0.2, 0.25) is 5.91 Å². The van der Waals surface area contributed by atoms with Crippen molar-refractivity contribution in [3.63, 3.8) is 0 Å². The molecule has 4 rings (SSSR count). The number of amides is 1. The standard InChI is InChI=1S/C41H50N2O7/c1-7-10-11-12-14-19-30(22-38(44)49-27-41(4,5)20-8-2)39(45)43-26-31(23-35(43)40(46)47)50-37-24-33(29-17-15-13-16-18-29)42-34-25-36(48-6)28(9-3)21-32(34)37/h7-9,13,15-18,21,24-25,30-31,35H,1-3,10-12,14,19-20,22-23,26-27H2,4-6H3,(H,46,47)/t30-,31-,35+/m1/s1. The van der Waals surface area contributed by atoms with E-state index < -0.39 is 30.0 Å². The van der Waals surface area contributed by atoms with Crippen molar-refractivity contribution >= 4 is 34.8 Å². The molecule has 9 nitrogen and oxygen atoms in total. The van der Waals surface area contributed by atoms with E-state index in [1.165, 1.54) is 4.90 Å². The van der Waals surface area contributed by atoms with Crippen LogP contribution in [0.3, 0.4) is 0 Å². The maximum Gasteiger partial charge on any atom is 0.326 e. The van der Waals surface area contributed by atoms with Gasteiger partial charge >= 0.3 is 11.9 Å². The highest BCUT2D eigenvalue weighted by molar-refractivity contribution is 5.92. The molecule has 1 aliphatic rings. The maximum atomic E-state index is 14.2. The molecular weight excluding hydrogens is 632 g/mol. The number of unbranched alkanes of at least 4 members (excludes halogenated alkanes) is 3. The lowest BCUT2D eigenvalue weighted by Gasteiger charge is -2.27. The zero-order chi connectivity index (χ0) is 36.3. The van der Waals surface area contributed by atoms with Gasteiger partial charge in [-0.2, -0.15) is 0 Å². The van der Waals surface area contributed by atoms with Gasteiger partial charge < -0.3 is 24.2 Å². The molecule has 1 aliphatic heterocycles. The molecule has 3 atom stereocenters. The van der Waals surface area contributed by atoms with Gasteiger partial charge in [0.05, 0.1) is 37.9 Å². The molecule has 0 unspecified atom stereocenters. The number of allylic oxidation sites excluding steroid dienone is 2. The van der Waals surface area contributed by atoms with Crippen LogP contribution in [0.1, 0.15) is 70.8 Å². The Labute approximate surface area is 295 Å². The second-order valence-corrected chi connectivity index (χ2v) is 13.7. The first-order valence-corrected chi connectivity index (χ1v) is 17.3. The Bertz CT molecular complexity index is 1680. The fraction of sp³-hybridized carbons (Fsp3) is 0.415. The van der Waals surface area contributed by atoms with Crippen LogP contribution in [-0.4, -0.2) is 65.2 Å². The Kier molecular flexibility index (Phi) is 13.4. The third kappa shape index (κ3) is 9.83. The van der Waals surface area contributed by atoms with Crippen LogP contribution in [0, 0.1) is 11.3 Å². The van der Waals surface area contributed by atoms with Crippen molar-refractivity contribution in [2.24, 2.45) is 11.3 Å². The number of likely N-dealkylation sites (tertiary alicyclic amines) is 1. The van der Waals surface area contributed by atoms with Crippen molar-refractivity contribution < 1.29 is 33.7 Å². The van der Waals surface area contributed by atoms with Crippen LogP contribution in [0.15, 0.2) is 80.4 Å². The lowest BCUT2D eigenvalue weighted by Crippen LogP contribution is -2.44. The van der Waals surface area contributed by atoms with Gasteiger partial charge in [-0.25, -0.2) is 9.78 Å². The van der Waals surface area contributed by atoms with Crippen LogP contribution in [-0.2, 0) is 19.1 Å². The molecule has 0 radical (unpaired) electrons. The summed E-state index contributed by atoms with van der Waals surface area (Å²) in [7, 11) is 1.58. The average Bonchev–Trinajstić information content (AvgIpc) is 3.53. The summed E-state index contributed by atoms with van der Waals surface area (Å²) in [6.07, 6.45) is 9.14. The molecule has 1 amide bonds. The highest BCUT2D eigenvalue weighted by Gasteiger charge is 2.43. The molecule has 50 heavy (non-hydrogen) atoms. The molecule has 1 aromatic heterocycles. The first-order valence-electron chi connectivity index (χ1n) is 17.3. The van der Waals surface area contributed by atoms with Crippen molar-refractivity contribution in [2.75, 3.05) is 20.3 Å². The van der Waals surface area contributed by atoms with Crippen molar-refractivity contribution in [3.8, 4) is 22.8 Å². The number of aliphatic carboxylic acids is 1. The number of nitrogens with zero attached hydrogens (tertiary/aromatic N) is 2. The van der Waals surface area contributed by atoms with E-state index in [1.807, 2.05) is 68.5 Å². The summed E-state index contributed by atoms with van der Waals surface area (Å²) in [4.78, 5) is 46.0. The number of ether oxygens (including phenoxy) is 3. The third-order valence-corrected chi connectivity index (χ3v) is 9.08. The minimum atomic E-state index is -1.12. The fourth-order valence-corrected chi connectivity index (χ4v) is 6.36. The van der Waals surface area contributed by atoms with Gasteiger partial charge in [0.25, 0.3) is 0 Å². The summed E-state index contributed by atoms with van der Waals surface area (Å²) in [6.45, 7) is 15.7. The van der Waals surface area contributed by atoms with Gasteiger partial charge in [0.15, 0.2) is 0 Å². The van der Waals surface area contributed by atoms with Crippen LogP contribution in [0.5, 0.6) is 11.5 Å². The predicted octanol–water partition coefficient (Wildman–Crippen LogP) is 8.27. The minimum Gasteiger partial charge on any atom is -0.496 e. The van der Waals surface area contributed by atoms with Crippen LogP contribution < -0.4 is 9.47 Å². The van der Waals surface area contributed by atoms with Crippen molar-refractivity contribution in [2.45, 2.75) is 77.4 Å². The zero-order valence-corrected chi connectivity index (χ0v) is 29.6. The van der Waals surface area contributed by atoms with E-state index in [0.717, 1.165) is 30.4 Å². The van der Waals surface area contributed by atoms with Crippen LogP contribution in [0.25, 0.3) is 28.2 Å². The summed E-state index contributed by atoms with van der Waals surface area (Å²) >= 11 is 0. The number of carboxylic acid groups (broad SMARTS) is 1. The number of aromatic nitrogens is 1. The molecule has 0 spiro atoms. The number of pyridine rings is 1. The molecule has 2 aromatic carbocycles. The van der Waals surface area contributed by atoms with E-state index in [0.29, 0.717) is 47.4 Å². The maximum absolute atomic E-state index is 14.2. The zero-order valence-electron chi connectivity index (χ0n) is 29.6. The molecule has 1 saturated heterocycles. The lowest BCUT2D eigenvalue weighted by atomic mass is 9.90. The number of rotatable bonds is 19. The van der Waals surface area contributed by atoms with Gasteiger partial charge in [0.1, 0.15) is 23.6 Å². The molecule has 1 N–H and O–H groups in total. The molecule has 1 fully saturated rings. The van der Waals surface area contributed by atoms with E-state index in [2.05, 4.69) is 19.7 Å². The second-order valence-electron chi connectivity index (χ2n) is 13.7. The first kappa shape index (κ1) is 37.9. The van der Waals surface area contributed by atoms with Crippen molar-refractivity contribution in [1.82, 2.24) is 9.88 Å². The largest absolute Gasteiger partial charge is 0.496 e. The summed E-state index contributed by atoms with van der Waals surface area (Å²) < 4.78 is 17.8. The van der Waals surface area contributed by atoms with Gasteiger partial charge in [-0.3, -0.25) is 9.59 Å². The number of esters is 1. The van der Waals surface area contributed by atoms with E-state index >= 15 is 0 Å². The van der Waals surface area contributed by atoms with Crippen LogP contribution >= 0.6 is 0 Å². The summed E-state index contributed by atoms with van der Waals surface area (Å²) in [5.74, 6) is -1.58. The Morgan fingerprint density at radius 2 is 1.80 bits per heavy atom. The van der Waals surface area contributed by atoms with Gasteiger partial charge in [-0.1, -0.05) is 81.8 Å². The molecule has 2 heterocycles. The van der Waals surface area contributed by atoms with Gasteiger partial charge in [-0.15, -0.1) is 13.2 Å². The first-order chi connectivity index (χ1) is 24.0. The van der Waals surface area contributed by atoms with Crippen molar-refractivity contribution in [1.29, 1.82) is 0 Å². The van der Waals surface area contributed by atoms with Gasteiger partial charge in [-0.05, 0) is 31.7 Å². The number of fused-ring (bicyclic) bond motifs is 1. The Hall–Kier alpha value is -4.92. The van der Waals surface area contributed by atoms with E-state index in [-0.39, 0.29) is 37.3 Å². The number of hydrogen-bond acceptors (Lipinski definition) is 7. The topological polar surface area (TPSA) is 115 Å². The van der Waals surface area contributed by atoms with E-state index in [1.54, 1.807) is 19.3 Å². The fourth-order valence-electron chi connectivity index (χ4n) is 6.36. The number of methoxy groups -OCH3 is 1. The highest BCUT2D eigenvalue weighted by atomic mass is 16.5. The number of carbonyl (C=O) groups excluding carboxylic acids is 2. The Morgan fingerprint density at radius 3 is 2.46 bits per heavy atom. The molecule has 0 bridgehead atoms. The van der Waals surface area contributed by atoms with Gasteiger partial charge in [0, 0.05) is 46.4 Å². The van der Waals surface area contributed by atoms with Crippen molar-refractivity contribution in [3.05, 3.63) is 86.0 Å². The Balaban J connectivity index is 1.61. The summed E-state index contributed by atoms with van der Waals surface area (Å²) in [5, 5.41) is 11.0. The number of carbonyl (C=O) groups is 3. The Morgan fingerprint density at radius 1 is 1.04 bits per heavy atom. The minimum absolute atomic E-state index is 0.0547. The lowest BCUT2D eigenvalue weighted by molar-refractivity contribution is -0.154. The summed E-state index contributed by atoms with van der Waals surface area (Å²) in [5.41, 5.74) is 2.66. The smallest absolute Gasteiger partial charge is 0.326 e. The molecule has 266 valence electrons. The summed E-state index contributed by atoms with van der Waals surface area (Å²) in [6, 6.07) is 14.1. The highest BCUT2D eigenvalue weighted by Crippen LogP contribution is 2.37.